The first-order chi connectivity index (χ1) is 13.3. The number of hydrogen-bond donors (Lipinski definition) is 3. The van der Waals surface area contributed by atoms with Crippen LogP contribution < -0.4 is 15.4 Å². The fraction of sp³-hybridized carbons (Fsp3) is 0.200. The van der Waals surface area contributed by atoms with E-state index in [1.54, 1.807) is 0 Å². The monoisotopic (exact) mass is 364 g/mol. The smallest absolute Gasteiger partial charge is 0.316 e. The predicted molar refractivity (Wildman–Crippen MR) is 102 cm³/mol. The minimum Gasteiger partial charge on any atom is -0.489 e. The normalized spacial score (nSPS) is 10.2. The van der Waals surface area contributed by atoms with Gasteiger partial charge < -0.3 is 20.4 Å². The van der Waals surface area contributed by atoms with Crippen LogP contribution >= 0.6 is 0 Å². The van der Waals surface area contributed by atoms with E-state index in [1.165, 1.54) is 6.08 Å². The van der Waals surface area contributed by atoms with Crippen molar-refractivity contribution in [1.29, 1.82) is 0 Å². The van der Waals surface area contributed by atoms with Crippen molar-refractivity contribution >= 4 is 23.0 Å². The van der Waals surface area contributed by atoms with Crippen molar-refractivity contribution in [2.45, 2.75) is 13.0 Å². The number of benzene rings is 2. The summed E-state index contributed by atoms with van der Waals surface area (Å²) in [6.07, 6.45) is 3.97. The Morgan fingerprint density at radius 2 is 2.00 bits per heavy atom. The molecule has 0 radical (unpaired) electrons. The third-order valence-corrected chi connectivity index (χ3v) is 4.05. The van der Waals surface area contributed by atoms with Gasteiger partial charge in [-0.1, -0.05) is 30.3 Å². The van der Waals surface area contributed by atoms with Crippen molar-refractivity contribution < 1.29 is 14.3 Å². The van der Waals surface area contributed by atoms with Gasteiger partial charge in [0.1, 0.15) is 19.0 Å². The molecular formula is C20H20N4O3. The van der Waals surface area contributed by atoms with Crippen LogP contribution in [0, 0.1) is 0 Å². The topological polar surface area (TPSA) is 95.6 Å². The number of rotatable bonds is 8. The quantitative estimate of drug-likeness (QED) is 0.424. The van der Waals surface area contributed by atoms with Crippen molar-refractivity contribution in [3.8, 4) is 5.75 Å². The minimum atomic E-state index is -0.370. The molecule has 0 saturated carbocycles. The van der Waals surface area contributed by atoms with Crippen LogP contribution in [0.1, 0.15) is 11.1 Å². The minimum absolute atomic E-state index is 0.0752. The second kappa shape index (κ2) is 9.22. The Morgan fingerprint density at radius 1 is 1.15 bits per heavy atom. The SMILES string of the molecule is O=C=NCNC(=O)NCCc1c[nH]c2cc(OCc3ccccc3)ccc12. The maximum Gasteiger partial charge on any atom is 0.316 e. The van der Waals surface area contributed by atoms with Crippen LogP contribution in [0.25, 0.3) is 10.9 Å². The van der Waals surface area contributed by atoms with Gasteiger partial charge in [-0.25, -0.2) is 9.59 Å². The summed E-state index contributed by atoms with van der Waals surface area (Å²) >= 11 is 0. The molecule has 0 aliphatic heterocycles. The number of aromatic amines is 1. The van der Waals surface area contributed by atoms with Crippen LogP contribution in [0.4, 0.5) is 4.79 Å². The Kier molecular flexibility index (Phi) is 6.22. The molecule has 7 heteroatoms. The van der Waals surface area contributed by atoms with Crippen LogP contribution in [-0.4, -0.2) is 30.3 Å². The van der Waals surface area contributed by atoms with E-state index >= 15 is 0 Å². The Bertz CT molecular complexity index is 946. The molecule has 3 aromatic rings. The van der Waals surface area contributed by atoms with Crippen molar-refractivity contribution in [2.75, 3.05) is 13.2 Å². The summed E-state index contributed by atoms with van der Waals surface area (Å²) in [7, 11) is 0. The lowest BCUT2D eigenvalue weighted by Gasteiger charge is -2.07. The number of isocyanates is 1. The molecular weight excluding hydrogens is 344 g/mol. The molecule has 0 unspecified atom stereocenters. The van der Waals surface area contributed by atoms with Gasteiger partial charge in [-0.2, -0.15) is 4.99 Å². The van der Waals surface area contributed by atoms with Crippen LogP contribution in [0.5, 0.6) is 5.75 Å². The number of fused-ring (bicyclic) bond motifs is 1. The lowest BCUT2D eigenvalue weighted by atomic mass is 10.1. The zero-order valence-electron chi connectivity index (χ0n) is 14.7. The average Bonchev–Trinajstić information content (AvgIpc) is 3.10. The van der Waals surface area contributed by atoms with Gasteiger partial charge >= 0.3 is 6.03 Å². The summed E-state index contributed by atoms with van der Waals surface area (Å²) in [5, 5.41) is 6.24. The summed E-state index contributed by atoms with van der Waals surface area (Å²) in [4.78, 5) is 27.9. The highest BCUT2D eigenvalue weighted by molar-refractivity contribution is 5.84. The Hall–Kier alpha value is -3.57. The van der Waals surface area contributed by atoms with Crippen LogP contribution in [0.2, 0.25) is 0 Å². The Balaban J connectivity index is 1.54. The molecule has 0 fully saturated rings. The number of aromatic nitrogens is 1. The van der Waals surface area contributed by atoms with E-state index in [2.05, 4.69) is 20.6 Å². The Morgan fingerprint density at radius 3 is 2.81 bits per heavy atom. The van der Waals surface area contributed by atoms with Crippen molar-refractivity contribution in [2.24, 2.45) is 4.99 Å². The van der Waals surface area contributed by atoms with Crippen LogP contribution in [0.15, 0.2) is 59.7 Å². The fourth-order valence-electron chi connectivity index (χ4n) is 2.72. The Labute approximate surface area is 156 Å². The van der Waals surface area contributed by atoms with Gasteiger partial charge in [0.25, 0.3) is 0 Å². The molecule has 0 spiro atoms. The van der Waals surface area contributed by atoms with E-state index in [4.69, 9.17) is 4.74 Å². The van der Waals surface area contributed by atoms with Gasteiger partial charge in [-0.15, -0.1) is 0 Å². The molecule has 3 N–H and O–H groups in total. The molecule has 1 heterocycles. The van der Waals surface area contributed by atoms with E-state index in [-0.39, 0.29) is 12.7 Å². The number of carbonyl (C=O) groups is 1. The van der Waals surface area contributed by atoms with Crippen LogP contribution in [-0.2, 0) is 17.8 Å². The predicted octanol–water partition coefficient (Wildman–Crippen LogP) is 2.88. The zero-order chi connectivity index (χ0) is 18.9. The van der Waals surface area contributed by atoms with Gasteiger partial charge in [0, 0.05) is 29.7 Å². The number of nitrogens with one attached hydrogen (secondary N) is 3. The molecule has 0 bridgehead atoms. The molecule has 0 atom stereocenters. The van der Waals surface area contributed by atoms with Crippen molar-refractivity contribution in [3.05, 3.63) is 65.9 Å². The molecule has 1 aromatic heterocycles. The number of hydrogen-bond acceptors (Lipinski definition) is 4. The molecule has 138 valence electrons. The summed E-state index contributed by atoms with van der Waals surface area (Å²) in [5.74, 6) is 0.799. The fourth-order valence-corrected chi connectivity index (χ4v) is 2.72. The zero-order valence-corrected chi connectivity index (χ0v) is 14.7. The first-order valence-electron chi connectivity index (χ1n) is 8.58. The third-order valence-electron chi connectivity index (χ3n) is 4.05. The van der Waals surface area contributed by atoms with Crippen molar-refractivity contribution in [3.63, 3.8) is 0 Å². The maximum absolute atomic E-state index is 11.5. The van der Waals surface area contributed by atoms with Gasteiger partial charge in [0.05, 0.1) is 0 Å². The summed E-state index contributed by atoms with van der Waals surface area (Å²) < 4.78 is 5.85. The highest BCUT2D eigenvalue weighted by atomic mass is 16.5. The summed E-state index contributed by atoms with van der Waals surface area (Å²) in [6, 6.07) is 15.6. The lowest BCUT2D eigenvalue weighted by Crippen LogP contribution is -2.36. The highest BCUT2D eigenvalue weighted by Crippen LogP contribution is 2.24. The second-order valence-electron chi connectivity index (χ2n) is 5.89. The number of amides is 2. The number of ether oxygens (including phenoxy) is 1. The van der Waals surface area contributed by atoms with Crippen LogP contribution in [0.3, 0.4) is 0 Å². The highest BCUT2D eigenvalue weighted by Gasteiger charge is 2.06. The standard InChI is InChI=1S/C20H20N4O3/c25-14-21-13-24-20(26)22-9-8-16-11-23-19-10-17(6-7-18(16)19)27-12-15-4-2-1-3-5-15/h1-7,10-11,23H,8-9,12-13H2,(H2,22,24,26). The van der Waals surface area contributed by atoms with E-state index in [0.29, 0.717) is 19.6 Å². The second-order valence-corrected chi connectivity index (χ2v) is 5.89. The number of aliphatic imine (C=N–C) groups is 1. The van der Waals surface area contributed by atoms with E-state index < -0.39 is 0 Å². The summed E-state index contributed by atoms with van der Waals surface area (Å²) in [6.45, 7) is 0.914. The molecule has 3 rings (SSSR count). The maximum atomic E-state index is 11.5. The first kappa shape index (κ1) is 18.2. The van der Waals surface area contributed by atoms with E-state index in [9.17, 15) is 9.59 Å². The average molecular weight is 364 g/mol. The van der Waals surface area contributed by atoms with Gasteiger partial charge in [0.2, 0.25) is 6.08 Å². The van der Waals surface area contributed by atoms with E-state index in [0.717, 1.165) is 27.8 Å². The van der Waals surface area contributed by atoms with Gasteiger partial charge in [-0.3, -0.25) is 0 Å². The molecule has 2 amide bonds. The first-order valence-corrected chi connectivity index (χ1v) is 8.58. The number of carbonyl (C=O) groups excluding carboxylic acids is 2. The number of urea groups is 1. The summed E-state index contributed by atoms with van der Waals surface area (Å²) in [5.41, 5.74) is 3.21. The molecule has 0 aliphatic carbocycles. The largest absolute Gasteiger partial charge is 0.489 e. The van der Waals surface area contributed by atoms with Gasteiger partial charge in [-0.05, 0) is 29.7 Å². The molecule has 0 saturated heterocycles. The van der Waals surface area contributed by atoms with Gasteiger partial charge in [0.15, 0.2) is 0 Å². The number of H-pyrrole nitrogens is 1. The van der Waals surface area contributed by atoms with E-state index in [1.807, 2.05) is 54.7 Å². The molecule has 27 heavy (non-hydrogen) atoms. The molecule has 7 nitrogen and oxygen atoms in total. The molecule has 0 aliphatic rings. The lowest BCUT2D eigenvalue weighted by molar-refractivity contribution is 0.241. The number of nitrogens with zero attached hydrogens (tertiary/aromatic N) is 1. The third kappa shape index (κ3) is 5.20. The molecule has 2 aromatic carbocycles. The van der Waals surface area contributed by atoms with Crippen molar-refractivity contribution in [1.82, 2.24) is 15.6 Å².